The van der Waals surface area contributed by atoms with Crippen LogP contribution >= 0.6 is 0 Å². The molecule has 8 heteroatoms. The van der Waals surface area contributed by atoms with Crippen molar-refractivity contribution in [3.05, 3.63) is 36.4 Å². The van der Waals surface area contributed by atoms with Crippen molar-refractivity contribution in [1.29, 1.82) is 0 Å². The maximum atomic E-state index is 12.2. The zero-order chi connectivity index (χ0) is 14.7. The Bertz CT molecular complexity index is 713. The second kappa shape index (κ2) is 5.74. The lowest BCUT2D eigenvalue weighted by Gasteiger charge is -2.18. The van der Waals surface area contributed by atoms with Gasteiger partial charge in [-0.05, 0) is 12.1 Å². The number of aromatic nitrogens is 2. The average molecular weight is 309 g/mol. The zero-order valence-corrected chi connectivity index (χ0v) is 12.0. The van der Waals surface area contributed by atoms with E-state index in [1.807, 2.05) is 0 Å². The van der Waals surface area contributed by atoms with Crippen molar-refractivity contribution in [2.75, 3.05) is 19.8 Å². The molecule has 0 aliphatic carbocycles. The van der Waals surface area contributed by atoms with Gasteiger partial charge in [0.15, 0.2) is 11.5 Å². The van der Waals surface area contributed by atoms with E-state index in [1.54, 1.807) is 18.6 Å². The molecule has 0 bridgehead atoms. The lowest BCUT2D eigenvalue weighted by Crippen LogP contribution is -2.26. The number of aromatic amines is 1. The number of H-pyrrole nitrogens is 1. The first-order valence-corrected chi connectivity index (χ1v) is 8.00. The highest BCUT2D eigenvalue weighted by molar-refractivity contribution is 7.89. The van der Waals surface area contributed by atoms with Gasteiger partial charge in [0.25, 0.3) is 0 Å². The molecule has 2 aromatic rings. The Morgan fingerprint density at radius 2 is 2.05 bits per heavy atom. The number of rotatable bonds is 5. The highest BCUT2D eigenvalue weighted by atomic mass is 32.2. The molecule has 1 aliphatic heterocycles. The van der Waals surface area contributed by atoms with Crippen LogP contribution in [0.25, 0.3) is 0 Å². The molecule has 0 unspecified atom stereocenters. The minimum absolute atomic E-state index is 0.163. The summed E-state index contributed by atoms with van der Waals surface area (Å²) in [5.74, 6) is 1.02. The monoisotopic (exact) mass is 309 g/mol. The minimum Gasteiger partial charge on any atom is -0.486 e. The minimum atomic E-state index is -3.57. The number of nitrogens with zero attached hydrogens (tertiary/aromatic N) is 1. The van der Waals surface area contributed by atoms with E-state index in [1.165, 1.54) is 12.1 Å². The van der Waals surface area contributed by atoms with Crippen LogP contribution in [-0.4, -0.2) is 38.1 Å². The fraction of sp³-hybridized carbons (Fsp3) is 0.308. The van der Waals surface area contributed by atoms with Crippen LogP contribution in [0, 0.1) is 0 Å². The molecule has 1 aromatic heterocycles. The van der Waals surface area contributed by atoms with Crippen LogP contribution in [0.15, 0.2) is 35.6 Å². The molecule has 7 nitrogen and oxygen atoms in total. The average Bonchev–Trinajstić information content (AvgIpc) is 3.00. The molecular formula is C13H15N3O4S. The summed E-state index contributed by atoms with van der Waals surface area (Å²) >= 11 is 0. The second-order valence-corrected chi connectivity index (χ2v) is 6.30. The second-order valence-electron chi connectivity index (χ2n) is 4.53. The van der Waals surface area contributed by atoms with E-state index in [9.17, 15) is 8.42 Å². The topological polar surface area (TPSA) is 93.3 Å². The smallest absolute Gasteiger partial charge is 0.240 e. The summed E-state index contributed by atoms with van der Waals surface area (Å²) < 4.78 is 37.7. The Labute approximate surface area is 122 Å². The van der Waals surface area contributed by atoms with Gasteiger partial charge in [-0.1, -0.05) is 0 Å². The number of nitrogens with one attached hydrogen (secondary N) is 2. The van der Waals surface area contributed by atoms with E-state index in [-0.39, 0.29) is 4.90 Å². The molecule has 3 rings (SSSR count). The molecular weight excluding hydrogens is 294 g/mol. The Balaban J connectivity index is 1.69. The highest BCUT2D eigenvalue weighted by Crippen LogP contribution is 2.32. The summed E-state index contributed by atoms with van der Waals surface area (Å²) in [5.41, 5.74) is 0.875. The van der Waals surface area contributed by atoms with E-state index in [0.717, 1.165) is 5.69 Å². The number of sulfonamides is 1. The van der Waals surface area contributed by atoms with Crippen molar-refractivity contribution < 1.29 is 17.9 Å². The van der Waals surface area contributed by atoms with Crippen molar-refractivity contribution in [1.82, 2.24) is 14.7 Å². The van der Waals surface area contributed by atoms with Gasteiger partial charge in [-0.25, -0.2) is 18.1 Å². The molecule has 0 amide bonds. The third-order valence-corrected chi connectivity index (χ3v) is 4.52. The number of benzene rings is 1. The van der Waals surface area contributed by atoms with Gasteiger partial charge in [0.05, 0.1) is 11.2 Å². The predicted octanol–water partition coefficient (Wildman–Crippen LogP) is 0.702. The van der Waals surface area contributed by atoms with Crippen molar-refractivity contribution in [3.63, 3.8) is 0 Å². The Morgan fingerprint density at radius 1 is 1.24 bits per heavy atom. The first-order chi connectivity index (χ1) is 10.1. The molecule has 21 heavy (non-hydrogen) atoms. The molecule has 0 atom stereocenters. The third kappa shape index (κ3) is 3.17. The number of hydrogen-bond donors (Lipinski definition) is 2. The molecule has 2 N–H and O–H groups in total. The number of imidazole rings is 1. The first-order valence-electron chi connectivity index (χ1n) is 6.52. The van der Waals surface area contributed by atoms with Gasteiger partial charge in [0.1, 0.15) is 13.2 Å². The van der Waals surface area contributed by atoms with Gasteiger partial charge >= 0.3 is 0 Å². The summed E-state index contributed by atoms with van der Waals surface area (Å²) in [7, 11) is -3.57. The van der Waals surface area contributed by atoms with E-state index in [2.05, 4.69) is 14.7 Å². The summed E-state index contributed by atoms with van der Waals surface area (Å²) in [4.78, 5) is 6.97. The Hall–Kier alpha value is -2.06. The predicted molar refractivity (Wildman–Crippen MR) is 74.9 cm³/mol. The fourth-order valence-electron chi connectivity index (χ4n) is 2.02. The van der Waals surface area contributed by atoms with Crippen molar-refractivity contribution in [3.8, 4) is 11.5 Å². The van der Waals surface area contributed by atoms with Crippen LogP contribution in [0.5, 0.6) is 11.5 Å². The van der Waals surface area contributed by atoms with E-state index in [0.29, 0.717) is 37.7 Å². The molecule has 1 aliphatic rings. The molecule has 0 saturated heterocycles. The number of hydrogen-bond acceptors (Lipinski definition) is 5. The van der Waals surface area contributed by atoms with E-state index in [4.69, 9.17) is 9.47 Å². The van der Waals surface area contributed by atoms with Crippen LogP contribution < -0.4 is 14.2 Å². The summed E-state index contributed by atoms with van der Waals surface area (Å²) in [6.07, 6.45) is 3.77. The lowest BCUT2D eigenvalue weighted by atomic mass is 10.3. The van der Waals surface area contributed by atoms with E-state index < -0.39 is 10.0 Å². The number of fused-ring (bicyclic) bond motifs is 1. The maximum Gasteiger partial charge on any atom is 0.240 e. The third-order valence-electron chi connectivity index (χ3n) is 3.07. The van der Waals surface area contributed by atoms with Crippen molar-refractivity contribution in [2.24, 2.45) is 0 Å². The Morgan fingerprint density at radius 3 is 2.81 bits per heavy atom. The molecule has 0 spiro atoms. The standard InChI is InChI=1S/C13H15N3O4S/c17-21(18,16-4-3-10-8-14-9-15-10)11-1-2-12-13(7-11)20-6-5-19-12/h1-2,7-9,16H,3-6H2,(H,14,15). The normalized spacial score (nSPS) is 14.1. The molecule has 1 aromatic carbocycles. The van der Waals surface area contributed by atoms with Gasteiger partial charge in [-0.2, -0.15) is 0 Å². The van der Waals surface area contributed by atoms with Gasteiger partial charge in [-0.15, -0.1) is 0 Å². The number of ether oxygens (including phenoxy) is 2. The SMILES string of the molecule is O=S(=O)(NCCc1cnc[nH]1)c1ccc2c(c1)OCCO2. The highest BCUT2D eigenvalue weighted by Gasteiger charge is 2.18. The van der Waals surface area contributed by atoms with Crippen LogP contribution in [0.4, 0.5) is 0 Å². The fourth-order valence-corrected chi connectivity index (χ4v) is 3.06. The zero-order valence-electron chi connectivity index (χ0n) is 11.2. The molecule has 0 radical (unpaired) electrons. The van der Waals surface area contributed by atoms with Gasteiger partial charge < -0.3 is 14.5 Å². The maximum absolute atomic E-state index is 12.2. The first kappa shape index (κ1) is 13.9. The van der Waals surface area contributed by atoms with Crippen LogP contribution in [0.2, 0.25) is 0 Å². The van der Waals surface area contributed by atoms with Crippen LogP contribution in [0.1, 0.15) is 5.69 Å². The molecule has 0 fully saturated rings. The summed E-state index contributed by atoms with van der Waals surface area (Å²) in [6, 6.07) is 4.59. The Kier molecular flexibility index (Phi) is 3.80. The van der Waals surface area contributed by atoms with Crippen molar-refractivity contribution in [2.45, 2.75) is 11.3 Å². The summed E-state index contributed by atoms with van der Waals surface area (Å²) in [6.45, 7) is 1.18. The molecule has 0 saturated carbocycles. The largest absolute Gasteiger partial charge is 0.486 e. The summed E-state index contributed by atoms with van der Waals surface area (Å²) in [5, 5.41) is 0. The van der Waals surface area contributed by atoms with Crippen molar-refractivity contribution >= 4 is 10.0 Å². The van der Waals surface area contributed by atoms with Gasteiger partial charge in [0, 0.05) is 30.9 Å². The van der Waals surface area contributed by atoms with Crippen LogP contribution in [-0.2, 0) is 16.4 Å². The quantitative estimate of drug-likeness (QED) is 0.848. The lowest BCUT2D eigenvalue weighted by molar-refractivity contribution is 0.171. The van der Waals surface area contributed by atoms with E-state index >= 15 is 0 Å². The van der Waals surface area contributed by atoms with Gasteiger partial charge in [-0.3, -0.25) is 0 Å². The van der Waals surface area contributed by atoms with Gasteiger partial charge in [0.2, 0.25) is 10.0 Å². The molecule has 112 valence electrons. The van der Waals surface area contributed by atoms with Crippen LogP contribution in [0.3, 0.4) is 0 Å². The molecule has 2 heterocycles.